The van der Waals surface area contributed by atoms with Crippen LogP contribution in [0.2, 0.25) is 0 Å². The predicted molar refractivity (Wildman–Crippen MR) is 50.9 cm³/mol. The average Bonchev–Trinajstić information content (AvgIpc) is 2.01. The molecule has 0 unspecified atom stereocenters. The molecule has 0 fully saturated rings. The third-order valence-electron chi connectivity index (χ3n) is 1.30. The van der Waals surface area contributed by atoms with Crippen molar-refractivity contribution in [1.29, 1.82) is 0 Å². The SMILES string of the molecule is CNc1ccc(Br)c(F)c1F.Cl. The van der Waals surface area contributed by atoms with Crippen molar-refractivity contribution in [3.05, 3.63) is 28.2 Å². The van der Waals surface area contributed by atoms with Gasteiger partial charge >= 0.3 is 0 Å². The molecule has 0 saturated carbocycles. The van der Waals surface area contributed by atoms with Gasteiger partial charge in [-0.2, -0.15) is 0 Å². The summed E-state index contributed by atoms with van der Waals surface area (Å²) in [6.45, 7) is 0. The van der Waals surface area contributed by atoms with Gasteiger partial charge in [-0.3, -0.25) is 0 Å². The summed E-state index contributed by atoms with van der Waals surface area (Å²) in [5.74, 6) is -1.72. The molecule has 0 aliphatic rings. The van der Waals surface area contributed by atoms with Gasteiger partial charge in [-0.05, 0) is 28.1 Å². The van der Waals surface area contributed by atoms with Gasteiger partial charge < -0.3 is 5.32 Å². The summed E-state index contributed by atoms with van der Waals surface area (Å²) >= 11 is 2.87. The number of benzene rings is 1. The normalized spacial score (nSPS) is 9.00. The molecule has 1 aromatic carbocycles. The highest BCUT2D eigenvalue weighted by atomic mass is 79.9. The Morgan fingerprint density at radius 3 is 2.33 bits per heavy atom. The second kappa shape index (κ2) is 4.62. The lowest BCUT2D eigenvalue weighted by molar-refractivity contribution is 0.507. The van der Waals surface area contributed by atoms with Crippen LogP contribution in [0.25, 0.3) is 0 Å². The largest absolute Gasteiger partial charge is 0.386 e. The van der Waals surface area contributed by atoms with Crippen LogP contribution >= 0.6 is 28.3 Å². The number of rotatable bonds is 1. The smallest absolute Gasteiger partial charge is 0.183 e. The van der Waals surface area contributed by atoms with E-state index in [4.69, 9.17) is 0 Å². The molecule has 0 spiro atoms. The third kappa shape index (κ3) is 2.08. The first-order valence-corrected chi connectivity index (χ1v) is 3.77. The van der Waals surface area contributed by atoms with Crippen molar-refractivity contribution in [2.24, 2.45) is 0 Å². The molecule has 0 amide bonds. The molecule has 12 heavy (non-hydrogen) atoms. The van der Waals surface area contributed by atoms with E-state index in [0.717, 1.165) is 0 Å². The van der Waals surface area contributed by atoms with Gasteiger partial charge in [-0.25, -0.2) is 8.78 Å². The van der Waals surface area contributed by atoms with Crippen molar-refractivity contribution in [3.63, 3.8) is 0 Å². The van der Waals surface area contributed by atoms with Gasteiger partial charge in [-0.15, -0.1) is 12.4 Å². The van der Waals surface area contributed by atoms with E-state index in [2.05, 4.69) is 21.2 Å². The van der Waals surface area contributed by atoms with Crippen molar-refractivity contribution in [2.45, 2.75) is 0 Å². The molecule has 0 heterocycles. The lowest BCUT2D eigenvalue weighted by Gasteiger charge is -2.02. The Hall–Kier alpha value is -0.350. The Bertz CT molecular complexity index is 280. The van der Waals surface area contributed by atoms with Crippen molar-refractivity contribution in [1.82, 2.24) is 0 Å². The number of hydrogen-bond donors (Lipinski definition) is 1. The Kier molecular flexibility index (Phi) is 4.49. The topological polar surface area (TPSA) is 12.0 Å². The second-order valence-electron chi connectivity index (χ2n) is 1.97. The minimum absolute atomic E-state index is 0. The van der Waals surface area contributed by atoms with Gasteiger partial charge in [0, 0.05) is 7.05 Å². The van der Waals surface area contributed by atoms with E-state index >= 15 is 0 Å². The number of halogens is 4. The highest BCUT2D eigenvalue weighted by Crippen LogP contribution is 2.23. The van der Waals surface area contributed by atoms with E-state index in [1.165, 1.54) is 19.2 Å². The fourth-order valence-electron chi connectivity index (χ4n) is 0.719. The van der Waals surface area contributed by atoms with Gasteiger partial charge in [0.1, 0.15) is 0 Å². The highest BCUT2D eigenvalue weighted by Gasteiger charge is 2.09. The summed E-state index contributed by atoms with van der Waals surface area (Å²) in [6.07, 6.45) is 0. The van der Waals surface area contributed by atoms with E-state index in [1.807, 2.05) is 0 Å². The maximum atomic E-state index is 12.8. The molecule has 1 rings (SSSR count). The molecular formula is C7H7BrClF2N. The number of hydrogen-bond acceptors (Lipinski definition) is 1. The molecule has 0 radical (unpaired) electrons. The van der Waals surface area contributed by atoms with Gasteiger partial charge in [-0.1, -0.05) is 0 Å². The van der Waals surface area contributed by atoms with E-state index < -0.39 is 11.6 Å². The molecule has 0 bridgehead atoms. The minimum Gasteiger partial charge on any atom is -0.386 e. The van der Waals surface area contributed by atoms with Crippen LogP contribution in [0.1, 0.15) is 0 Å². The monoisotopic (exact) mass is 257 g/mol. The van der Waals surface area contributed by atoms with Crippen molar-refractivity contribution in [2.75, 3.05) is 12.4 Å². The van der Waals surface area contributed by atoms with Crippen molar-refractivity contribution in [3.8, 4) is 0 Å². The first-order valence-electron chi connectivity index (χ1n) is 2.98. The Labute approximate surface area is 83.7 Å². The van der Waals surface area contributed by atoms with Gasteiger partial charge in [0.05, 0.1) is 10.2 Å². The molecular weight excluding hydrogens is 251 g/mol. The standard InChI is InChI=1S/C7H6BrF2N.ClH/c1-11-5-3-2-4(8)6(9)7(5)10;/h2-3,11H,1H3;1H. The van der Waals surface area contributed by atoms with Gasteiger partial charge in [0.25, 0.3) is 0 Å². The summed E-state index contributed by atoms with van der Waals surface area (Å²) < 4.78 is 25.6. The van der Waals surface area contributed by atoms with E-state index in [9.17, 15) is 8.78 Å². The van der Waals surface area contributed by atoms with Crippen LogP contribution in [0.3, 0.4) is 0 Å². The summed E-state index contributed by atoms with van der Waals surface area (Å²) in [4.78, 5) is 0. The quantitative estimate of drug-likeness (QED) is 0.763. The summed E-state index contributed by atoms with van der Waals surface area (Å²) in [7, 11) is 1.53. The fraction of sp³-hybridized carbons (Fsp3) is 0.143. The van der Waals surface area contributed by atoms with Gasteiger partial charge in [0.2, 0.25) is 0 Å². The lowest BCUT2D eigenvalue weighted by atomic mass is 10.3. The second-order valence-corrected chi connectivity index (χ2v) is 2.83. The molecule has 1 N–H and O–H groups in total. The Morgan fingerprint density at radius 1 is 1.25 bits per heavy atom. The molecule has 5 heteroatoms. The maximum absolute atomic E-state index is 12.8. The number of nitrogens with one attached hydrogen (secondary N) is 1. The lowest BCUT2D eigenvalue weighted by Crippen LogP contribution is -1.95. The molecule has 0 aliphatic carbocycles. The molecule has 1 nitrogen and oxygen atoms in total. The van der Waals surface area contributed by atoms with E-state index in [0.29, 0.717) is 0 Å². The average molecular weight is 258 g/mol. The molecule has 1 aromatic rings. The molecule has 68 valence electrons. The van der Waals surface area contributed by atoms with Crippen LogP contribution < -0.4 is 5.32 Å². The first kappa shape index (κ1) is 11.6. The van der Waals surface area contributed by atoms with E-state index in [-0.39, 0.29) is 22.6 Å². The molecule has 0 aliphatic heterocycles. The van der Waals surface area contributed by atoms with Crippen LogP contribution in [0.4, 0.5) is 14.5 Å². The van der Waals surface area contributed by atoms with Crippen LogP contribution in [0, 0.1) is 11.6 Å². The predicted octanol–water partition coefficient (Wildman–Crippen LogP) is 3.19. The first-order chi connectivity index (χ1) is 5.16. The zero-order chi connectivity index (χ0) is 8.43. The zero-order valence-electron chi connectivity index (χ0n) is 6.20. The summed E-state index contributed by atoms with van der Waals surface area (Å²) in [6, 6.07) is 2.91. The molecule has 0 saturated heterocycles. The maximum Gasteiger partial charge on any atom is 0.183 e. The van der Waals surface area contributed by atoms with Crippen LogP contribution in [0.5, 0.6) is 0 Å². The van der Waals surface area contributed by atoms with E-state index in [1.54, 1.807) is 0 Å². The van der Waals surface area contributed by atoms with Crippen LogP contribution in [-0.2, 0) is 0 Å². The molecule has 0 atom stereocenters. The highest BCUT2D eigenvalue weighted by molar-refractivity contribution is 9.10. The third-order valence-corrected chi connectivity index (χ3v) is 1.92. The van der Waals surface area contributed by atoms with Gasteiger partial charge in [0.15, 0.2) is 11.6 Å². The van der Waals surface area contributed by atoms with Crippen LogP contribution in [0.15, 0.2) is 16.6 Å². The summed E-state index contributed by atoms with van der Waals surface area (Å²) in [5, 5.41) is 2.53. The van der Waals surface area contributed by atoms with Crippen molar-refractivity contribution >= 4 is 34.0 Å². The fourth-order valence-corrected chi connectivity index (χ4v) is 1.03. The Morgan fingerprint density at radius 2 is 1.83 bits per heavy atom. The zero-order valence-corrected chi connectivity index (χ0v) is 8.60. The van der Waals surface area contributed by atoms with Crippen molar-refractivity contribution < 1.29 is 8.78 Å². The number of anilines is 1. The van der Waals surface area contributed by atoms with Crippen LogP contribution in [-0.4, -0.2) is 7.05 Å². The molecule has 0 aromatic heterocycles. The Balaban J connectivity index is 0.00000121. The summed E-state index contributed by atoms with van der Waals surface area (Å²) in [5.41, 5.74) is 0.158. The minimum atomic E-state index is -0.864.